The van der Waals surface area contributed by atoms with Crippen molar-refractivity contribution in [3.05, 3.63) is 35.6 Å². The molecule has 1 aromatic rings. The van der Waals surface area contributed by atoms with Gasteiger partial charge in [0.05, 0.1) is 0 Å². The number of amides is 3. The fourth-order valence-corrected chi connectivity index (χ4v) is 3.66. The van der Waals surface area contributed by atoms with E-state index in [2.05, 4.69) is 22.6 Å². The fourth-order valence-electron chi connectivity index (χ4n) is 3.66. The lowest BCUT2D eigenvalue weighted by Crippen LogP contribution is -2.63. The van der Waals surface area contributed by atoms with Gasteiger partial charge in [-0.3, -0.25) is 9.69 Å². The van der Waals surface area contributed by atoms with Crippen molar-refractivity contribution in [2.45, 2.75) is 31.3 Å². The first-order valence-electron chi connectivity index (χ1n) is 8.74. The molecule has 0 aliphatic carbocycles. The zero-order valence-corrected chi connectivity index (χ0v) is 14.6. The zero-order valence-electron chi connectivity index (χ0n) is 14.6. The molecule has 3 rings (SSSR count). The molecule has 2 aliphatic rings. The van der Waals surface area contributed by atoms with Gasteiger partial charge in [-0.2, -0.15) is 0 Å². The molecule has 3 amide bonds. The van der Waals surface area contributed by atoms with Crippen molar-refractivity contribution in [1.82, 2.24) is 20.4 Å². The topological polar surface area (TPSA) is 64.7 Å². The first-order chi connectivity index (χ1) is 12.0. The summed E-state index contributed by atoms with van der Waals surface area (Å²) >= 11 is 0. The molecule has 136 valence electrons. The van der Waals surface area contributed by atoms with Crippen LogP contribution in [0.1, 0.15) is 24.8 Å². The Kier molecular flexibility index (Phi) is 5.22. The quantitative estimate of drug-likeness (QED) is 0.847. The smallest absolute Gasteiger partial charge is 0.317 e. The molecular formula is C18H25FN4O2. The van der Waals surface area contributed by atoms with Gasteiger partial charge in [-0.05, 0) is 37.6 Å². The molecule has 1 aromatic carbocycles. The summed E-state index contributed by atoms with van der Waals surface area (Å²) in [6, 6.07) is 6.01. The minimum Gasteiger partial charge on any atom is -0.356 e. The van der Waals surface area contributed by atoms with Gasteiger partial charge in [0.1, 0.15) is 5.82 Å². The van der Waals surface area contributed by atoms with E-state index in [1.165, 1.54) is 12.1 Å². The van der Waals surface area contributed by atoms with Crippen LogP contribution in [0.15, 0.2) is 24.3 Å². The summed E-state index contributed by atoms with van der Waals surface area (Å²) in [6.07, 6.45) is 2.10. The van der Waals surface area contributed by atoms with Gasteiger partial charge in [0.15, 0.2) is 0 Å². The molecule has 1 atom stereocenters. The summed E-state index contributed by atoms with van der Waals surface area (Å²) in [5.74, 6) is -0.198. The maximum absolute atomic E-state index is 12.9. The van der Waals surface area contributed by atoms with Crippen LogP contribution in [0.25, 0.3) is 0 Å². The highest BCUT2D eigenvalue weighted by molar-refractivity contribution is 5.76. The summed E-state index contributed by atoms with van der Waals surface area (Å²) < 4.78 is 12.9. The number of piperazine rings is 1. The second-order valence-corrected chi connectivity index (χ2v) is 6.95. The van der Waals surface area contributed by atoms with Gasteiger partial charge in [-0.25, -0.2) is 9.18 Å². The summed E-state index contributed by atoms with van der Waals surface area (Å²) in [7, 11) is 2.07. The monoisotopic (exact) mass is 348 g/mol. The van der Waals surface area contributed by atoms with Crippen LogP contribution in [0.5, 0.6) is 0 Å². The van der Waals surface area contributed by atoms with Crippen molar-refractivity contribution in [2.75, 3.05) is 33.2 Å². The van der Waals surface area contributed by atoms with E-state index >= 15 is 0 Å². The maximum Gasteiger partial charge on any atom is 0.317 e. The van der Waals surface area contributed by atoms with E-state index in [0.717, 1.165) is 24.9 Å². The average Bonchev–Trinajstić information content (AvgIpc) is 2.79. The van der Waals surface area contributed by atoms with Gasteiger partial charge in [0.25, 0.3) is 0 Å². The van der Waals surface area contributed by atoms with Crippen molar-refractivity contribution in [3.8, 4) is 0 Å². The van der Waals surface area contributed by atoms with Crippen LogP contribution in [-0.2, 0) is 11.3 Å². The van der Waals surface area contributed by atoms with Crippen molar-refractivity contribution in [2.24, 2.45) is 0 Å². The van der Waals surface area contributed by atoms with Crippen LogP contribution in [0.2, 0.25) is 0 Å². The number of urea groups is 1. The Bertz CT molecular complexity index is 636. The van der Waals surface area contributed by atoms with Crippen LogP contribution >= 0.6 is 0 Å². The Balaban J connectivity index is 1.61. The number of hydrogen-bond acceptors (Lipinski definition) is 3. The van der Waals surface area contributed by atoms with E-state index < -0.39 is 0 Å². The SMILES string of the molecule is CN1CCN(C(=O)NCc2ccc(F)cc2)C[C@@]12CCNC(=O)CC2. The minimum atomic E-state index is -0.285. The van der Waals surface area contributed by atoms with Crippen LogP contribution in [0, 0.1) is 5.82 Å². The highest BCUT2D eigenvalue weighted by atomic mass is 19.1. The Morgan fingerprint density at radius 2 is 2.04 bits per heavy atom. The van der Waals surface area contributed by atoms with Crippen molar-refractivity contribution >= 4 is 11.9 Å². The number of carbonyl (C=O) groups is 2. The number of rotatable bonds is 2. The molecule has 2 aliphatic heterocycles. The van der Waals surface area contributed by atoms with Gasteiger partial charge >= 0.3 is 6.03 Å². The molecule has 0 unspecified atom stereocenters. The Labute approximate surface area is 147 Å². The molecule has 6 nitrogen and oxygen atoms in total. The lowest BCUT2D eigenvalue weighted by atomic mass is 9.86. The average molecular weight is 348 g/mol. The standard InChI is InChI=1S/C18H25FN4O2/c1-22-10-11-23(13-18(22)7-6-16(24)20-9-8-18)17(25)21-12-14-2-4-15(19)5-3-14/h2-5H,6-13H2,1H3,(H,20,24)(H,21,25)/t18-/m1/s1. The van der Waals surface area contributed by atoms with Crippen LogP contribution in [0.3, 0.4) is 0 Å². The van der Waals surface area contributed by atoms with Crippen molar-refractivity contribution in [1.29, 1.82) is 0 Å². The van der Waals surface area contributed by atoms with Gasteiger partial charge < -0.3 is 15.5 Å². The molecule has 7 heteroatoms. The number of carbonyl (C=O) groups excluding carboxylic acids is 2. The predicted octanol–water partition coefficient (Wildman–Crippen LogP) is 1.32. The third kappa shape index (κ3) is 4.10. The summed E-state index contributed by atoms with van der Waals surface area (Å²) in [5, 5.41) is 5.83. The Morgan fingerprint density at radius 3 is 2.80 bits per heavy atom. The molecule has 2 fully saturated rings. The predicted molar refractivity (Wildman–Crippen MR) is 92.4 cm³/mol. The normalized spacial score (nSPS) is 24.7. The Morgan fingerprint density at radius 1 is 1.28 bits per heavy atom. The lowest BCUT2D eigenvalue weighted by Gasteiger charge is -2.49. The second-order valence-electron chi connectivity index (χ2n) is 6.95. The molecule has 0 aromatic heterocycles. The van der Waals surface area contributed by atoms with Crippen molar-refractivity contribution in [3.63, 3.8) is 0 Å². The molecule has 2 heterocycles. The largest absolute Gasteiger partial charge is 0.356 e. The first-order valence-corrected chi connectivity index (χ1v) is 8.74. The maximum atomic E-state index is 12.9. The van der Waals surface area contributed by atoms with Gasteiger partial charge in [0.2, 0.25) is 5.91 Å². The molecule has 1 spiro atoms. The molecule has 0 saturated carbocycles. The lowest BCUT2D eigenvalue weighted by molar-refractivity contribution is -0.121. The van der Waals surface area contributed by atoms with E-state index in [-0.39, 0.29) is 23.3 Å². The highest BCUT2D eigenvalue weighted by Crippen LogP contribution is 2.30. The summed E-state index contributed by atoms with van der Waals surface area (Å²) in [4.78, 5) is 28.3. The van der Waals surface area contributed by atoms with E-state index in [1.54, 1.807) is 12.1 Å². The molecule has 0 radical (unpaired) electrons. The Hall–Kier alpha value is -2.15. The fraction of sp³-hybridized carbons (Fsp3) is 0.556. The van der Waals surface area contributed by atoms with Gasteiger partial charge in [0, 0.05) is 44.7 Å². The van der Waals surface area contributed by atoms with E-state index in [4.69, 9.17) is 0 Å². The number of nitrogens with one attached hydrogen (secondary N) is 2. The number of benzene rings is 1. The molecule has 0 bridgehead atoms. The molecule has 2 saturated heterocycles. The molecular weight excluding hydrogens is 323 g/mol. The van der Waals surface area contributed by atoms with E-state index in [1.807, 2.05) is 4.90 Å². The van der Waals surface area contributed by atoms with Crippen LogP contribution in [-0.4, -0.2) is 60.5 Å². The minimum absolute atomic E-state index is 0.0863. The third-order valence-corrected chi connectivity index (χ3v) is 5.37. The number of hydrogen-bond donors (Lipinski definition) is 2. The summed E-state index contributed by atoms with van der Waals surface area (Å²) in [5.41, 5.74) is 0.716. The first kappa shape index (κ1) is 17.7. The molecule has 2 N–H and O–H groups in total. The second kappa shape index (κ2) is 7.39. The van der Waals surface area contributed by atoms with Crippen LogP contribution < -0.4 is 10.6 Å². The van der Waals surface area contributed by atoms with Gasteiger partial charge in [-0.15, -0.1) is 0 Å². The highest BCUT2D eigenvalue weighted by Gasteiger charge is 2.42. The van der Waals surface area contributed by atoms with Crippen LogP contribution in [0.4, 0.5) is 9.18 Å². The third-order valence-electron chi connectivity index (χ3n) is 5.37. The number of nitrogens with zero attached hydrogens (tertiary/aromatic N) is 2. The molecule has 25 heavy (non-hydrogen) atoms. The van der Waals surface area contributed by atoms with E-state index in [0.29, 0.717) is 32.6 Å². The van der Waals surface area contributed by atoms with Crippen molar-refractivity contribution < 1.29 is 14.0 Å². The number of likely N-dealkylation sites (N-methyl/N-ethyl adjacent to an activating group) is 1. The number of halogens is 1. The zero-order chi connectivity index (χ0) is 17.9. The summed E-state index contributed by atoms with van der Waals surface area (Å²) in [6.45, 7) is 3.09. The van der Waals surface area contributed by atoms with E-state index in [9.17, 15) is 14.0 Å². The van der Waals surface area contributed by atoms with Gasteiger partial charge in [-0.1, -0.05) is 12.1 Å².